The van der Waals surface area contributed by atoms with Gasteiger partial charge in [0.05, 0.1) is 7.11 Å². The molecule has 3 heteroatoms. The Morgan fingerprint density at radius 1 is 0.720 bits per heavy atom. The van der Waals surface area contributed by atoms with E-state index in [9.17, 15) is 4.79 Å². The highest BCUT2D eigenvalue weighted by molar-refractivity contribution is 8.07. The van der Waals surface area contributed by atoms with E-state index < -0.39 is 0 Å². The predicted molar refractivity (Wildman–Crippen MR) is 111 cm³/mol. The fraction of sp³-hybridized carbons (Fsp3) is 0.955. The maximum atomic E-state index is 11.0. The first kappa shape index (κ1) is 22.9. The minimum Gasteiger partial charge on any atom is -0.469 e. The van der Waals surface area contributed by atoms with Crippen molar-refractivity contribution in [3.63, 3.8) is 0 Å². The van der Waals surface area contributed by atoms with Gasteiger partial charge in [-0.1, -0.05) is 90.4 Å². The van der Waals surface area contributed by atoms with E-state index in [4.69, 9.17) is 0 Å². The molecule has 0 aromatic heterocycles. The van der Waals surface area contributed by atoms with Gasteiger partial charge < -0.3 is 4.74 Å². The quantitative estimate of drug-likeness (QED) is 0.144. The highest BCUT2D eigenvalue weighted by atomic mass is 32.2. The fourth-order valence-electron chi connectivity index (χ4n) is 3.63. The average molecular weight is 371 g/mol. The van der Waals surface area contributed by atoms with Crippen LogP contribution in [0.1, 0.15) is 116 Å². The fourth-order valence-corrected chi connectivity index (χ4v) is 4.81. The van der Waals surface area contributed by atoms with Gasteiger partial charge in [0.1, 0.15) is 0 Å². The van der Waals surface area contributed by atoms with Crippen molar-refractivity contribution in [3.05, 3.63) is 0 Å². The largest absolute Gasteiger partial charge is 0.469 e. The summed E-state index contributed by atoms with van der Waals surface area (Å²) in [6.07, 6.45) is 22.6. The van der Waals surface area contributed by atoms with Crippen LogP contribution in [-0.4, -0.2) is 23.6 Å². The lowest BCUT2D eigenvalue weighted by atomic mass is 10.0. The third-order valence-corrected chi connectivity index (χ3v) is 7.05. The number of rotatable bonds is 18. The van der Waals surface area contributed by atoms with Crippen LogP contribution in [0.25, 0.3) is 0 Å². The van der Waals surface area contributed by atoms with Gasteiger partial charge in [-0.15, -0.1) is 0 Å². The van der Waals surface area contributed by atoms with Crippen molar-refractivity contribution in [1.82, 2.24) is 0 Å². The van der Waals surface area contributed by atoms with Gasteiger partial charge in [-0.05, 0) is 19.3 Å². The Bertz CT molecular complexity index is 319. The summed E-state index contributed by atoms with van der Waals surface area (Å²) in [5.74, 6) is -0.0629. The molecular weight excluding hydrogens is 328 g/mol. The van der Waals surface area contributed by atoms with Crippen molar-refractivity contribution in [2.75, 3.05) is 7.11 Å². The number of hydrogen-bond acceptors (Lipinski definition) is 3. The van der Waals surface area contributed by atoms with E-state index in [1.807, 2.05) is 0 Å². The molecule has 1 heterocycles. The molecule has 1 aliphatic rings. The zero-order valence-electron chi connectivity index (χ0n) is 16.9. The van der Waals surface area contributed by atoms with E-state index in [-0.39, 0.29) is 5.97 Å². The van der Waals surface area contributed by atoms with Crippen LogP contribution in [0.4, 0.5) is 0 Å². The smallest absolute Gasteiger partial charge is 0.305 e. The first-order chi connectivity index (χ1) is 12.3. The number of carbonyl (C=O) groups excluding carboxylic acids is 1. The topological polar surface area (TPSA) is 26.3 Å². The van der Waals surface area contributed by atoms with Crippen LogP contribution < -0.4 is 0 Å². The number of thioether (sulfide) groups is 1. The highest BCUT2D eigenvalue weighted by Crippen LogP contribution is 2.46. The molecule has 1 rings (SSSR count). The van der Waals surface area contributed by atoms with E-state index in [1.54, 1.807) is 0 Å². The lowest BCUT2D eigenvalue weighted by Crippen LogP contribution is -1.99. The highest BCUT2D eigenvalue weighted by Gasteiger charge is 2.35. The molecule has 1 aliphatic heterocycles. The van der Waals surface area contributed by atoms with Crippen molar-refractivity contribution in [1.29, 1.82) is 0 Å². The van der Waals surface area contributed by atoms with E-state index in [2.05, 4.69) is 23.4 Å². The summed E-state index contributed by atoms with van der Waals surface area (Å²) in [5.41, 5.74) is 0. The Labute approximate surface area is 161 Å². The van der Waals surface area contributed by atoms with Gasteiger partial charge in [-0.25, -0.2) is 0 Å². The Balaban J connectivity index is 1.65. The van der Waals surface area contributed by atoms with Crippen molar-refractivity contribution < 1.29 is 9.53 Å². The van der Waals surface area contributed by atoms with Crippen LogP contribution in [0.5, 0.6) is 0 Å². The molecular formula is C22H42O2S. The molecule has 0 aromatic carbocycles. The molecule has 0 aromatic rings. The second-order valence-electron chi connectivity index (χ2n) is 7.69. The monoisotopic (exact) mass is 370 g/mol. The van der Waals surface area contributed by atoms with E-state index in [0.717, 1.165) is 16.9 Å². The first-order valence-corrected chi connectivity index (χ1v) is 11.9. The molecule has 2 atom stereocenters. The molecule has 0 radical (unpaired) electrons. The van der Waals surface area contributed by atoms with Crippen LogP contribution in [0.2, 0.25) is 0 Å². The van der Waals surface area contributed by atoms with Gasteiger partial charge in [-0.2, -0.15) is 11.8 Å². The van der Waals surface area contributed by atoms with Gasteiger partial charge >= 0.3 is 5.97 Å². The maximum absolute atomic E-state index is 11.0. The minimum atomic E-state index is -0.0629. The Hall–Kier alpha value is -0.180. The van der Waals surface area contributed by atoms with Crippen molar-refractivity contribution >= 4 is 17.7 Å². The van der Waals surface area contributed by atoms with Crippen LogP contribution >= 0.6 is 11.8 Å². The zero-order chi connectivity index (χ0) is 18.2. The molecule has 0 saturated carbocycles. The first-order valence-electron chi connectivity index (χ1n) is 11.0. The van der Waals surface area contributed by atoms with Gasteiger partial charge in [0.25, 0.3) is 0 Å². The summed E-state index contributed by atoms with van der Waals surface area (Å²) in [6.45, 7) is 2.32. The van der Waals surface area contributed by atoms with Crippen molar-refractivity contribution in [2.24, 2.45) is 0 Å². The molecule has 1 fully saturated rings. The summed E-state index contributed by atoms with van der Waals surface area (Å²) in [5, 5.41) is 2.04. The number of esters is 1. The second-order valence-corrected chi connectivity index (χ2v) is 9.17. The minimum absolute atomic E-state index is 0.0629. The zero-order valence-corrected chi connectivity index (χ0v) is 17.7. The SMILES string of the molecule is CCC1SC1CCCCCCCCCCCCCCCCC(=O)OC. The summed E-state index contributed by atoms with van der Waals surface area (Å²) < 4.78 is 4.65. The predicted octanol–water partition coefficient (Wildman–Crippen LogP) is 7.30. The maximum Gasteiger partial charge on any atom is 0.305 e. The van der Waals surface area contributed by atoms with Crippen molar-refractivity contribution in [2.45, 2.75) is 127 Å². The lowest BCUT2D eigenvalue weighted by Gasteiger charge is -2.03. The van der Waals surface area contributed by atoms with E-state index >= 15 is 0 Å². The van der Waals surface area contributed by atoms with E-state index in [1.165, 1.54) is 103 Å². The van der Waals surface area contributed by atoms with Gasteiger partial charge in [0.2, 0.25) is 0 Å². The molecule has 2 nitrogen and oxygen atoms in total. The lowest BCUT2D eigenvalue weighted by molar-refractivity contribution is -0.140. The molecule has 0 amide bonds. The summed E-state index contributed by atoms with van der Waals surface area (Å²) in [7, 11) is 1.47. The summed E-state index contributed by atoms with van der Waals surface area (Å²) >= 11 is 2.21. The number of unbranched alkanes of at least 4 members (excludes halogenated alkanes) is 13. The van der Waals surface area contributed by atoms with Crippen LogP contribution in [0.15, 0.2) is 0 Å². The standard InChI is InChI=1S/C22H42O2S/c1-3-20-21(25-20)18-16-14-12-10-8-6-4-5-7-9-11-13-15-17-19-22(23)24-2/h20-21H,3-19H2,1-2H3. The van der Waals surface area contributed by atoms with Gasteiger partial charge in [0.15, 0.2) is 0 Å². The molecule has 148 valence electrons. The number of hydrogen-bond donors (Lipinski definition) is 0. The van der Waals surface area contributed by atoms with E-state index in [0.29, 0.717) is 6.42 Å². The Morgan fingerprint density at radius 3 is 1.56 bits per heavy atom. The third kappa shape index (κ3) is 13.7. The molecule has 0 spiro atoms. The van der Waals surface area contributed by atoms with Crippen LogP contribution in [-0.2, 0) is 9.53 Å². The third-order valence-electron chi connectivity index (χ3n) is 5.44. The van der Waals surface area contributed by atoms with Gasteiger partial charge in [0, 0.05) is 16.9 Å². The molecule has 2 unspecified atom stereocenters. The molecule has 0 aliphatic carbocycles. The van der Waals surface area contributed by atoms with Gasteiger partial charge in [-0.3, -0.25) is 4.79 Å². The average Bonchev–Trinajstić information content (AvgIpc) is 3.39. The number of carbonyl (C=O) groups is 1. The summed E-state index contributed by atoms with van der Waals surface area (Å²) in [6, 6.07) is 0. The normalized spacial score (nSPS) is 19.1. The molecule has 0 N–H and O–H groups in total. The Kier molecular flexibility index (Phi) is 14.7. The van der Waals surface area contributed by atoms with Crippen LogP contribution in [0, 0.1) is 0 Å². The Morgan fingerprint density at radius 2 is 1.16 bits per heavy atom. The number of ether oxygens (including phenoxy) is 1. The molecule has 0 bridgehead atoms. The van der Waals surface area contributed by atoms with Crippen LogP contribution in [0.3, 0.4) is 0 Å². The number of methoxy groups -OCH3 is 1. The molecule has 25 heavy (non-hydrogen) atoms. The summed E-state index contributed by atoms with van der Waals surface area (Å²) in [4.78, 5) is 11.0. The second kappa shape index (κ2) is 16.0. The van der Waals surface area contributed by atoms with Crippen molar-refractivity contribution in [3.8, 4) is 0 Å². The molecule has 1 saturated heterocycles.